The number of thiophene rings is 1. The van der Waals surface area contributed by atoms with Gasteiger partial charge in [-0.2, -0.15) is 0 Å². The van der Waals surface area contributed by atoms with Crippen LogP contribution in [0.2, 0.25) is 0 Å². The SMILES string of the molecule is Cc1ccc(F)c(NC(=O)c2sccc2N)c1F. The van der Waals surface area contributed by atoms with Crippen molar-refractivity contribution in [3.8, 4) is 0 Å². The first-order valence-corrected chi connectivity index (χ1v) is 5.97. The lowest BCUT2D eigenvalue weighted by Gasteiger charge is -2.08. The summed E-state index contributed by atoms with van der Waals surface area (Å²) in [5.41, 5.74) is 5.65. The lowest BCUT2D eigenvalue weighted by molar-refractivity contribution is 0.103. The van der Waals surface area contributed by atoms with Crippen LogP contribution in [-0.2, 0) is 0 Å². The van der Waals surface area contributed by atoms with Crippen molar-refractivity contribution >= 4 is 28.6 Å². The van der Waals surface area contributed by atoms with Crippen molar-refractivity contribution in [2.24, 2.45) is 0 Å². The Kier molecular flexibility index (Phi) is 3.29. The number of carbonyl (C=O) groups excluding carboxylic acids is 1. The average Bonchev–Trinajstić information content (AvgIpc) is 2.76. The maximum atomic E-state index is 13.7. The minimum absolute atomic E-state index is 0.232. The van der Waals surface area contributed by atoms with Gasteiger partial charge in [-0.15, -0.1) is 11.3 Å². The molecular formula is C12H10F2N2OS. The van der Waals surface area contributed by atoms with Crippen LogP contribution in [0.1, 0.15) is 15.2 Å². The Morgan fingerprint density at radius 3 is 2.67 bits per heavy atom. The van der Waals surface area contributed by atoms with E-state index in [-0.39, 0.29) is 16.1 Å². The molecule has 0 bridgehead atoms. The van der Waals surface area contributed by atoms with Gasteiger partial charge in [0.2, 0.25) is 0 Å². The fraction of sp³-hybridized carbons (Fsp3) is 0.0833. The van der Waals surface area contributed by atoms with Crippen molar-refractivity contribution in [2.75, 3.05) is 11.1 Å². The number of anilines is 2. The molecule has 0 atom stereocenters. The van der Waals surface area contributed by atoms with Crippen molar-refractivity contribution in [1.82, 2.24) is 0 Å². The molecule has 94 valence electrons. The first-order chi connectivity index (χ1) is 8.50. The summed E-state index contributed by atoms with van der Waals surface area (Å²) in [5.74, 6) is -2.22. The van der Waals surface area contributed by atoms with E-state index in [0.717, 1.165) is 17.4 Å². The molecule has 0 aliphatic heterocycles. The number of rotatable bonds is 2. The van der Waals surface area contributed by atoms with Crippen LogP contribution >= 0.6 is 11.3 Å². The molecule has 2 aromatic rings. The van der Waals surface area contributed by atoms with E-state index in [0.29, 0.717) is 0 Å². The second kappa shape index (κ2) is 4.73. The van der Waals surface area contributed by atoms with Crippen LogP contribution in [0.15, 0.2) is 23.6 Å². The number of halogens is 2. The molecule has 0 saturated heterocycles. The number of nitrogens with two attached hydrogens (primary N) is 1. The normalized spacial score (nSPS) is 10.4. The minimum atomic E-state index is -0.818. The highest BCUT2D eigenvalue weighted by molar-refractivity contribution is 7.12. The number of nitrogens with one attached hydrogen (secondary N) is 1. The zero-order chi connectivity index (χ0) is 13.3. The fourth-order valence-corrected chi connectivity index (χ4v) is 2.16. The Balaban J connectivity index is 2.33. The van der Waals surface area contributed by atoms with Crippen LogP contribution in [0.5, 0.6) is 0 Å². The van der Waals surface area contributed by atoms with Gasteiger partial charge in [-0.1, -0.05) is 6.07 Å². The van der Waals surface area contributed by atoms with Gasteiger partial charge in [0.05, 0.1) is 5.69 Å². The molecule has 1 aromatic carbocycles. The Morgan fingerprint density at radius 2 is 2.06 bits per heavy atom. The van der Waals surface area contributed by atoms with E-state index in [1.54, 1.807) is 11.4 Å². The Morgan fingerprint density at radius 1 is 1.33 bits per heavy atom. The summed E-state index contributed by atoms with van der Waals surface area (Å²) in [6, 6.07) is 3.97. The molecule has 0 aliphatic rings. The predicted octanol–water partition coefficient (Wildman–Crippen LogP) is 3.17. The molecule has 0 unspecified atom stereocenters. The second-order valence-corrected chi connectivity index (χ2v) is 4.63. The van der Waals surface area contributed by atoms with E-state index in [1.807, 2.05) is 0 Å². The van der Waals surface area contributed by atoms with E-state index in [2.05, 4.69) is 5.32 Å². The molecule has 1 amide bonds. The lowest BCUT2D eigenvalue weighted by atomic mass is 10.2. The molecular weight excluding hydrogens is 258 g/mol. The number of carbonyl (C=O) groups is 1. The third-order valence-corrected chi connectivity index (χ3v) is 3.35. The van der Waals surface area contributed by atoms with Crippen molar-refractivity contribution in [3.63, 3.8) is 0 Å². The van der Waals surface area contributed by atoms with E-state index in [9.17, 15) is 13.6 Å². The van der Waals surface area contributed by atoms with Gasteiger partial charge >= 0.3 is 0 Å². The van der Waals surface area contributed by atoms with Gasteiger partial charge in [-0.05, 0) is 30.0 Å². The molecule has 1 heterocycles. The van der Waals surface area contributed by atoms with Crippen LogP contribution in [0.4, 0.5) is 20.2 Å². The molecule has 1 aromatic heterocycles. The first kappa shape index (κ1) is 12.5. The number of aryl methyl sites for hydroxylation is 1. The van der Waals surface area contributed by atoms with Crippen LogP contribution < -0.4 is 11.1 Å². The highest BCUT2D eigenvalue weighted by Crippen LogP contribution is 2.25. The maximum Gasteiger partial charge on any atom is 0.268 e. The largest absolute Gasteiger partial charge is 0.397 e. The quantitative estimate of drug-likeness (QED) is 0.879. The monoisotopic (exact) mass is 268 g/mol. The first-order valence-electron chi connectivity index (χ1n) is 5.09. The topological polar surface area (TPSA) is 55.1 Å². The minimum Gasteiger partial charge on any atom is -0.397 e. The Bertz CT molecular complexity index is 610. The van der Waals surface area contributed by atoms with Crippen LogP contribution in [0.3, 0.4) is 0 Å². The van der Waals surface area contributed by atoms with E-state index in [4.69, 9.17) is 5.73 Å². The summed E-state index contributed by atoms with van der Waals surface area (Å²) in [4.78, 5) is 12.0. The molecule has 3 N–H and O–H groups in total. The number of hydrogen-bond acceptors (Lipinski definition) is 3. The predicted molar refractivity (Wildman–Crippen MR) is 67.8 cm³/mol. The van der Waals surface area contributed by atoms with Gasteiger partial charge in [0.1, 0.15) is 16.4 Å². The summed E-state index contributed by atoms with van der Waals surface area (Å²) in [6.45, 7) is 1.49. The third-order valence-electron chi connectivity index (χ3n) is 2.42. The van der Waals surface area contributed by atoms with Crippen LogP contribution in [0, 0.1) is 18.6 Å². The Labute approximate surface area is 106 Å². The lowest BCUT2D eigenvalue weighted by Crippen LogP contribution is -2.14. The standard InChI is InChI=1S/C12H10F2N2OS/c1-6-2-3-7(13)10(9(6)14)16-12(17)11-8(15)4-5-18-11/h2-5H,15H2,1H3,(H,16,17). The summed E-state index contributed by atoms with van der Waals surface area (Å²) < 4.78 is 27.1. The molecule has 0 saturated carbocycles. The van der Waals surface area contributed by atoms with Crippen LogP contribution in [0.25, 0.3) is 0 Å². The molecule has 0 radical (unpaired) electrons. The third kappa shape index (κ3) is 2.19. The molecule has 18 heavy (non-hydrogen) atoms. The Hall–Kier alpha value is -1.95. The number of amides is 1. The number of benzene rings is 1. The zero-order valence-electron chi connectivity index (χ0n) is 9.46. The maximum absolute atomic E-state index is 13.7. The van der Waals surface area contributed by atoms with Gasteiger partial charge in [0.25, 0.3) is 5.91 Å². The molecule has 6 heteroatoms. The molecule has 3 nitrogen and oxygen atoms in total. The highest BCUT2D eigenvalue weighted by atomic mass is 32.1. The summed E-state index contributed by atoms with van der Waals surface area (Å²) in [5, 5.41) is 3.84. The average molecular weight is 268 g/mol. The van der Waals surface area contributed by atoms with Crippen molar-refractivity contribution in [3.05, 3.63) is 45.7 Å². The number of hydrogen-bond donors (Lipinski definition) is 2. The molecule has 0 spiro atoms. The van der Waals surface area contributed by atoms with Gasteiger partial charge in [-0.25, -0.2) is 8.78 Å². The van der Waals surface area contributed by atoms with E-state index < -0.39 is 23.2 Å². The van der Waals surface area contributed by atoms with Crippen molar-refractivity contribution in [1.29, 1.82) is 0 Å². The molecule has 0 aliphatic carbocycles. The smallest absolute Gasteiger partial charge is 0.268 e. The number of nitrogen functional groups attached to an aromatic ring is 1. The van der Waals surface area contributed by atoms with E-state index >= 15 is 0 Å². The van der Waals surface area contributed by atoms with Crippen molar-refractivity contribution < 1.29 is 13.6 Å². The van der Waals surface area contributed by atoms with Gasteiger partial charge < -0.3 is 11.1 Å². The van der Waals surface area contributed by atoms with Crippen molar-refractivity contribution in [2.45, 2.75) is 6.92 Å². The van der Waals surface area contributed by atoms with Gasteiger partial charge in [0, 0.05) is 0 Å². The highest BCUT2D eigenvalue weighted by Gasteiger charge is 2.17. The molecule has 2 rings (SSSR count). The summed E-state index contributed by atoms with van der Waals surface area (Å²) in [6.07, 6.45) is 0. The molecule has 0 fully saturated rings. The van der Waals surface area contributed by atoms with Crippen LogP contribution in [-0.4, -0.2) is 5.91 Å². The van der Waals surface area contributed by atoms with Gasteiger partial charge in [-0.3, -0.25) is 4.79 Å². The summed E-state index contributed by atoms with van der Waals surface area (Å²) in [7, 11) is 0. The second-order valence-electron chi connectivity index (χ2n) is 3.71. The summed E-state index contributed by atoms with van der Waals surface area (Å²) >= 11 is 1.11. The van der Waals surface area contributed by atoms with E-state index in [1.165, 1.54) is 13.0 Å². The fourth-order valence-electron chi connectivity index (χ4n) is 1.45. The zero-order valence-corrected chi connectivity index (χ0v) is 10.3. The van der Waals surface area contributed by atoms with Gasteiger partial charge in [0.15, 0.2) is 5.82 Å².